The second-order valence-corrected chi connectivity index (χ2v) is 6.64. The van der Waals surface area contributed by atoms with Crippen molar-refractivity contribution in [3.63, 3.8) is 0 Å². The normalized spacial score (nSPS) is 12.1. The number of anilines is 1. The van der Waals surface area contributed by atoms with E-state index in [1.165, 1.54) is 47.3 Å². The average molecular weight is 410 g/mol. The predicted octanol–water partition coefficient (Wildman–Crippen LogP) is 3.36. The Balaban J connectivity index is 1.80. The summed E-state index contributed by atoms with van der Waals surface area (Å²) in [6, 6.07) is 5.19. The van der Waals surface area contributed by atoms with Crippen LogP contribution < -0.4 is 4.90 Å². The van der Waals surface area contributed by atoms with Crippen molar-refractivity contribution in [3.8, 4) is 11.5 Å². The molecule has 4 rings (SSSR count). The van der Waals surface area contributed by atoms with Crippen LogP contribution in [-0.2, 0) is 0 Å². The number of imidazole rings is 1. The van der Waals surface area contributed by atoms with Gasteiger partial charge >= 0.3 is 5.97 Å². The van der Waals surface area contributed by atoms with E-state index in [4.69, 9.17) is 0 Å². The van der Waals surface area contributed by atoms with Crippen LogP contribution in [0.2, 0.25) is 0 Å². The number of pyridine rings is 2. The molecule has 0 saturated carbocycles. The first-order chi connectivity index (χ1) is 14.3. The number of carboxylic acid groups (broad SMARTS) is 1. The lowest BCUT2D eigenvalue weighted by Crippen LogP contribution is -2.26. The van der Waals surface area contributed by atoms with Gasteiger partial charge in [0.05, 0.1) is 24.1 Å². The Hall–Kier alpha value is -3.95. The van der Waals surface area contributed by atoms with Crippen LogP contribution in [0.1, 0.15) is 29.0 Å². The van der Waals surface area contributed by atoms with Gasteiger partial charge in [0.15, 0.2) is 5.82 Å². The average Bonchev–Trinajstić information content (AvgIpc) is 3.15. The maximum absolute atomic E-state index is 13.7. The van der Waals surface area contributed by atoms with Crippen molar-refractivity contribution >= 4 is 17.4 Å². The highest BCUT2D eigenvalue weighted by Crippen LogP contribution is 2.28. The van der Waals surface area contributed by atoms with Gasteiger partial charge in [0.25, 0.3) is 0 Å². The van der Waals surface area contributed by atoms with E-state index in [1.54, 1.807) is 18.9 Å². The highest BCUT2D eigenvalue weighted by Gasteiger charge is 2.23. The molecule has 0 aliphatic carbocycles. The van der Waals surface area contributed by atoms with E-state index in [-0.39, 0.29) is 17.2 Å². The van der Waals surface area contributed by atoms with E-state index >= 15 is 0 Å². The molecule has 0 aliphatic heterocycles. The van der Waals surface area contributed by atoms with Gasteiger partial charge in [-0.1, -0.05) is 0 Å². The Morgan fingerprint density at radius 1 is 1.07 bits per heavy atom. The van der Waals surface area contributed by atoms with Crippen LogP contribution >= 0.6 is 0 Å². The summed E-state index contributed by atoms with van der Waals surface area (Å²) in [6.07, 6.45) is 5.02. The fourth-order valence-corrected chi connectivity index (χ4v) is 3.05. The number of carbonyl (C=O) groups is 1. The molecule has 0 amide bonds. The van der Waals surface area contributed by atoms with Crippen molar-refractivity contribution in [2.24, 2.45) is 0 Å². The molecule has 30 heavy (non-hydrogen) atoms. The van der Waals surface area contributed by atoms with Crippen molar-refractivity contribution in [1.82, 2.24) is 24.3 Å². The third-order valence-corrected chi connectivity index (χ3v) is 4.79. The minimum Gasteiger partial charge on any atom is -0.477 e. The first kappa shape index (κ1) is 19.4. The Morgan fingerprint density at radius 2 is 1.83 bits per heavy atom. The monoisotopic (exact) mass is 410 g/mol. The van der Waals surface area contributed by atoms with Gasteiger partial charge in [-0.05, 0) is 31.2 Å². The van der Waals surface area contributed by atoms with Crippen molar-refractivity contribution in [3.05, 3.63) is 71.9 Å². The van der Waals surface area contributed by atoms with Crippen LogP contribution in [0.25, 0.3) is 17.2 Å². The quantitative estimate of drug-likeness (QED) is 0.539. The van der Waals surface area contributed by atoms with Crippen molar-refractivity contribution in [2.75, 3.05) is 11.9 Å². The van der Waals surface area contributed by atoms with Crippen molar-refractivity contribution in [2.45, 2.75) is 13.0 Å². The molecule has 152 valence electrons. The van der Waals surface area contributed by atoms with Gasteiger partial charge in [0.2, 0.25) is 0 Å². The fraction of sp³-hybridized carbons (Fsp3) is 0.150. The molecule has 4 aromatic rings. The number of halogens is 2. The highest BCUT2D eigenvalue weighted by atomic mass is 19.1. The SMILES string of the molecule is CC(c1ccc(F)cn1)N(C)c1nc(-c2cnc3ccc(F)cn23)ncc1C(=O)O. The molecule has 1 N–H and O–H groups in total. The van der Waals surface area contributed by atoms with E-state index < -0.39 is 23.6 Å². The second kappa shape index (κ2) is 7.47. The predicted molar refractivity (Wildman–Crippen MR) is 104 cm³/mol. The fourth-order valence-electron chi connectivity index (χ4n) is 3.05. The van der Waals surface area contributed by atoms with Crippen molar-refractivity contribution in [1.29, 1.82) is 0 Å². The zero-order chi connectivity index (χ0) is 21.4. The Bertz CT molecular complexity index is 1240. The summed E-state index contributed by atoms with van der Waals surface area (Å²) in [5, 5.41) is 9.59. The lowest BCUT2D eigenvalue weighted by Gasteiger charge is -2.26. The lowest BCUT2D eigenvalue weighted by atomic mass is 10.1. The topological polar surface area (TPSA) is 96.5 Å². The first-order valence-corrected chi connectivity index (χ1v) is 8.92. The molecule has 4 heterocycles. The number of aromatic carboxylic acids is 1. The molecule has 1 atom stereocenters. The van der Waals surface area contributed by atoms with Gasteiger partial charge in [0, 0.05) is 19.4 Å². The highest BCUT2D eigenvalue weighted by molar-refractivity contribution is 5.93. The molecule has 1 unspecified atom stereocenters. The molecule has 10 heteroatoms. The summed E-state index contributed by atoms with van der Waals surface area (Å²) in [5.74, 6) is -1.82. The van der Waals surface area contributed by atoms with Crippen LogP contribution in [0, 0.1) is 11.6 Å². The smallest absolute Gasteiger partial charge is 0.341 e. The molecular weight excluding hydrogens is 394 g/mol. The number of rotatable bonds is 5. The summed E-state index contributed by atoms with van der Waals surface area (Å²) in [5.41, 5.74) is 1.32. The maximum atomic E-state index is 13.7. The molecule has 0 radical (unpaired) electrons. The zero-order valence-corrected chi connectivity index (χ0v) is 16.0. The maximum Gasteiger partial charge on any atom is 0.341 e. The molecule has 0 spiro atoms. The molecule has 0 saturated heterocycles. The number of nitrogens with zero attached hydrogens (tertiary/aromatic N) is 6. The van der Waals surface area contributed by atoms with E-state index in [0.717, 1.165) is 6.20 Å². The number of carboxylic acids is 1. The van der Waals surface area contributed by atoms with Gasteiger partial charge in [-0.25, -0.2) is 28.5 Å². The molecular formula is C20H16F2N6O2. The Kier molecular flexibility index (Phi) is 4.82. The molecule has 0 aliphatic rings. The summed E-state index contributed by atoms with van der Waals surface area (Å²) in [4.78, 5) is 30.2. The molecule has 0 aromatic carbocycles. The van der Waals surface area contributed by atoms with Crippen LogP contribution in [0.15, 0.2) is 49.1 Å². The summed E-state index contributed by atoms with van der Waals surface area (Å²) in [7, 11) is 1.66. The summed E-state index contributed by atoms with van der Waals surface area (Å²) in [6.45, 7) is 1.79. The van der Waals surface area contributed by atoms with Gasteiger partial charge in [-0.2, -0.15) is 0 Å². The Morgan fingerprint density at radius 3 is 2.53 bits per heavy atom. The zero-order valence-electron chi connectivity index (χ0n) is 16.0. The van der Waals surface area contributed by atoms with E-state index in [1.807, 2.05) is 0 Å². The molecule has 8 nitrogen and oxygen atoms in total. The third-order valence-electron chi connectivity index (χ3n) is 4.79. The van der Waals surface area contributed by atoms with Crippen molar-refractivity contribution < 1.29 is 18.7 Å². The molecule has 4 aromatic heterocycles. The van der Waals surface area contributed by atoms with Gasteiger partial charge in [-0.3, -0.25) is 9.38 Å². The van der Waals surface area contributed by atoms with Crippen LogP contribution in [0.4, 0.5) is 14.6 Å². The lowest BCUT2D eigenvalue weighted by molar-refractivity contribution is 0.0696. The number of hydrogen-bond acceptors (Lipinski definition) is 6. The largest absolute Gasteiger partial charge is 0.477 e. The second-order valence-electron chi connectivity index (χ2n) is 6.64. The molecule has 0 fully saturated rings. The Labute approximate surface area is 169 Å². The van der Waals surface area contributed by atoms with E-state index in [0.29, 0.717) is 17.0 Å². The minimum atomic E-state index is -1.20. The van der Waals surface area contributed by atoms with Gasteiger partial charge in [0.1, 0.15) is 34.4 Å². The van der Waals surface area contributed by atoms with Gasteiger partial charge < -0.3 is 10.0 Å². The minimum absolute atomic E-state index is 0.116. The number of hydrogen-bond donors (Lipinski definition) is 1. The summed E-state index contributed by atoms with van der Waals surface area (Å²) < 4.78 is 28.4. The number of fused-ring (bicyclic) bond motifs is 1. The van der Waals surface area contributed by atoms with Gasteiger partial charge in [-0.15, -0.1) is 0 Å². The van der Waals surface area contributed by atoms with Crippen LogP contribution in [-0.4, -0.2) is 42.5 Å². The molecule has 0 bridgehead atoms. The standard InChI is InChI=1S/C20H16F2N6O2/c1-11(15-5-3-12(21)7-23-15)27(2)19-14(20(29)30)8-25-18(26-19)16-9-24-17-6-4-13(22)10-28(16)17/h3-11H,1-2H3,(H,29,30). The number of aromatic nitrogens is 5. The van der Waals surface area contributed by atoms with E-state index in [2.05, 4.69) is 19.9 Å². The van der Waals surface area contributed by atoms with E-state index in [9.17, 15) is 18.7 Å². The van der Waals surface area contributed by atoms with Crippen LogP contribution in [0.3, 0.4) is 0 Å². The third kappa shape index (κ3) is 3.43. The van der Waals surface area contributed by atoms with Crippen LogP contribution in [0.5, 0.6) is 0 Å². The first-order valence-electron chi connectivity index (χ1n) is 8.92. The summed E-state index contributed by atoms with van der Waals surface area (Å²) >= 11 is 0.